The fourth-order valence-corrected chi connectivity index (χ4v) is 5.37. The summed E-state index contributed by atoms with van der Waals surface area (Å²) in [6.45, 7) is 1.95. The SMILES string of the molecule is Cc1ccc(S(=O)(=O)NNC2=C3CC4CC(C3)CC2C4)cc1. The minimum atomic E-state index is -3.50. The summed E-state index contributed by atoms with van der Waals surface area (Å²) in [5, 5.41) is 0. The highest BCUT2D eigenvalue weighted by atomic mass is 32.2. The van der Waals surface area contributed by atoms with Gasteiger partial charge in [0.2, 0.25) is 0 Å². The topological polar surface area (TPSA) is 58.2 Å². The van der Waals surface area contributed by atoms with Crippen LogP contribution in [0.5, 0.6) is 0 Å². The van der Waals surface area contributed by atoms with E-state index in [4.69, 9.17) is 0 Å². The zero-order chi connectivity index (χ0) is 15.3. The minimum absolute atomic E-state index is 0.306. The lowest BCUT2D eigenvalue weighted by molar-refractivity contribution is 0.149. The van der Waals surface area contributed by atoms with Gasteiger partial charge in [-0.15, -0.1) is 4.83 Å². The van der Waals surface area contributed by atoms with E-state index < -0.39 is 10.0 Å². The lowest BCUT2D eigenvalue weighted by Crippen LogP contribution is -2.45. The molecular weight excluding hydrogens is 296 g/mol. The molecule has 2 N–H and O–H groups in total. The molecule has 0 spiro atoms. The molecule has 2 saturated carbocycles. The van der Waals surface area contributed by atoms with E-state index in [9.17, 15) is 8.42 Å². The highest BCUT2D eigenvalue weighted by molar-refractivity contribution is 7.89. The maximum atomic E-state index is 12.4. The highest BCUT2D eigenvalue weighted by Crippen LogP contribution is 2.52. The van der Waals surface area contributed by atoms with E-state index in [0.717, 1.165) is 35.9 Å². The van der Waals surface area contributed by atoms with Crippen molar-refractivity contribution in [2.45, 2.75) is 43.9 Å². The molecule has 0 saturated heterocycles. The van der Waals surface area contributed by atoms with E-state index >= 15 is 0 Å². The standard InChI is InChI=1S/C17H22N2O2S/c1-11-2-4-16(5-3-11)22(20,21)19-18-17-14-7-12-6-13(9-14)10-15(17)8-12/h2-5,12-14,18-19H,6-10H2,1H3. The molecule has 0 amide bonds. The molecule has 1 aromatic rings. The zero-order valence-corrected chi connectivity index (χ0v) is 13.6. The number of aryl methyl sites for hydroxylation is 1. The van der Waals surface area contributed by atoms with Gasteiger partial charge in [-0.25, -0.2) is 8.42 Å². The first-order chi connectivity index (χ1) is 10.5. The molecule has 4 aliphatic carbocycles. The van der Waals surface area contributed by atoms with Crippen LogP contribution in [0.25, 0.3) is 0 Å². The molecule has 2 atom stereocenters. The summed E-state index contributed by atoms with van der Waals surface area (Å²) < 4.78 is 24.8. The van der Waals surface area contributed by atoms with Crippen LogP contribution in [0.15, 0.2) is 40.4 Å². The van der Waals surface area contributed by atoms with E-state index in [1.165, 1.54) is 24.8 Å². The predicted octanol–water partition coefficient (Wildman–Crippen LogP) is 2.87. The molecule has 1 aromatic carbocycles. The number of sulfonamides is 1. The van der Waals surface area contributed by atoms with Crippen molar-refractivity contribution in [1.82, 2.24) is 10.3 Å². The Labute approximate surface area is 132 Å². The molecule has 0 aliphatic heterocycles. The Balaban J connectivity index is 1.52. The van der Waals surface area contributed by atoms with Gasteiger partial charge in [-0.3, -0.25) is 0 Å². The molecular formula is C17H22N2O2S. The second-order valence-corrected chi connectivity index (χ2v) is 8.79. The smallest absolute Gasteiger partial charge is 0.257 e. The van der Waals surface area contributed by atoms with Gasteiger partial charge in [0.1, 0.15) is 0 Å². The average molecular weight is 318 g/mol. The first-order valence-electron chi connectivity index (χ1n) is 8.07. The summed E-state index contributed by atoms with van der Waals surface area (Å²) in [4.78, 5) is 2.89. The van der Waals surface area contributed by atoms with E-state index in [1.54, 1.807) is 12.1 Å². The van der Waals surface area contributed by atoms with E-state index in [-0.39, 0.29) is 0 Å². The first-order valence-corrected chi connectivity index (χ1v) is 9.56. The van der Waals surface area contributed by atoms with Crippen molar-refractivity contribution in [3.05, 3.63) is 41.1 Å². The molecule has 5 rings (SSSR count). The normalized spacial score (nSPS) is 30.0. The van der Waals surface area contributed by atoms with Gasteiger partial charge in [-0.1, -0.05) is 17.7 Å². The Kier molecular flexibility index (Phi) is 3.31. The van der Waals surface area contributed by atoms with E-state index in [1.807, 2.05) is 19.1 Å². The number of allylic oxidation sites excluding steroid dienone is 2. The van der Waals surface area contributed by atoms with Crippen molar-refractivity contribution in [3.63, 3.8) is 0 Å². The second kappa shape index (κ2) is 5.10. The monoisotopic (exact) mass is 318 g/mol. The molecule has 0 heterocycles. The molecule has 4 bridgehead atoms. The van der Waals surface area contributed by atoms with Crippen LogP contribution in [0.3, 0.4) is 0 Å². The Bertz CT molecular complexity index is 706. The number of hydrogen-bond donors (Lipinski definition) is 2. The van der Waals surface area contributed by atoms with Crippen molar-refractivity contribution in [1.29, 1.82) is 0 Å². The number of rotatable bonds is 4. The predicted molar refractivity (Wildman–Crippen MR) is 85.2 cm³/mol. The zero-order valence-electron chi connectivity index (χ0n) is 12.8. The van der Waals surface area contributed by atoms with E-state index in [2.05, 4.69) is 10.3 Å². The van der Waals surface area contributed by atoms with Crippen LogP contribution in [0, 0.1) is 24.7 Å². The summed E-state index contributed by atoms with van der Waals surface area (Å²) in [6.07, 6.45) is 6.12. The summed E-state index contributed by atoms with van der Waals surface area (Å²) >= 11 is 0. The third-order valence-electron chi connectivity index (χ3n) is 5.41. The van der Waals surface area contributed by atoms with Crippen LogP contribution < -0.4 is 10.3 Å². The van der Waals surface area contributed by atoms with Crippen LogP contribution in [-0.2, 0) is 10.0 Å². The number of nitrogens with one attached hydrogen (secondary N) is 2. The summed E-state index contributed by atoms with van der Waals surface area (Å²) in [5.41, 5.74) is 6.72. The maximum absolute atomic E-state index is 12.4. The van der Waals surface area contributed by atoms with Crippen LogP contribution in [0.2, 0.25) is 0 Å². The largest absolute Gasteiger partial charge is 0.312 e. The fraction of sp³-hybridized carbons (Fsp3) is 0.529. The van der Waals surface area contributed by atoms with Gasteiger partial charge in [0, 0.05) is 11.6 Å². The molecule has 5 heteroatoms. The second-order valence-electron chi connectivity index (χ2n) is 7.11. The average Bonchev–Trinajstić information content (AvgIpc) is 2.46. The van der Waals surface area contributed by atoms with Gasteiger partial charge in [0.15, 0.2) is 0 Å². The summed E-state index contributed by atoms with van der Waals surface area (Å²) in [6, 6.07) is 6.93. The van der Waals surface area contributed by atoms with Crippen molar-refractivity contribution in [2.24, 2.45) is 17.8 Å². The van der Waals surface area contributed by atoms with Crippen molar-refractivity contribution < 1.29 is 8.42 Å². The Hall–Kier alpha value is -1.33. The molecule has 118 valence electrons. The quantitative estimate of drug-likeness (QED) is 0.839. The first kappa shape index (κ1) is 14.3. The lowest BCUT2D eigenvalue weighted by atomic mass is 9.60. The van der Waals surface area contributed by atoms with Gasteiger partial charge in [-0.05, 0) is 68.6 Å². The Morgan fingerprint density at radius 3 is 2.23 bits per heavy atom. The molecule has 0 radical (unpaired) electrons. The molecule has 4 nitrogen and oxygen atoms in total. The summed E-state index contributed by atoms with van der Waals surface area (Å²) in [7, 11) is -3.50. The van der Waals surface area contributed by atoms with Gasteiger partial charge in [0.25, 0.3) is 10.0 Å². The van der Waals surface area contributed by atoms with Crippen LogP contribution in [0.4, 0.5) is 0 Å². The van der Waals surface area contributed by atoms with E-state index in [0.29, 0.717) is 10.8 Å². The van der Waals surface area contributed by atoms with Gasteiger partial charge in [-0.2, -0.15) is 0 Å². The fourth-order valence-electron chi connectivity index (χ4n) is 4.51. The number of hydrogen-bond acceptors (Lipinski definition) is 3. The number of benzene rings is 1. The van der Waals surface area contributed by atoms with Crippen molar-refractivity contribution in [2.75, 3.05) is 0 Å². The Morgan fingerprint density at radius 2 is 1.64 bits per heavy atom. The lowest BCUT2D eigenvalue weighted by Gasteiger charge is -2.47. The van der Waals surface area contributed by atoms with Crippen molar-refractivity contribution >= 4 is 10.0 Å². The van der Waals surface area contributed by atoms with Gasteiger partial charge >= 0.3 is 0 Å². The van der Waals surface area contributed by atoms with Gasteiger partial charge < -0.3 is 5.43 Å². The molecule has 22 heavy (non-hydrogen) atoms. The van der Waals surface area contributed by atoms with Crippen LogP contribution in [-0.4, -0.2) is 8.42 Å². The third kappa shape index (κ3) is 2.46. The van der Waals surface area contributed by atoms with Crippen molar-refractivity contribution in [3.8, 4) is 0 Å². The highest BCUT2D eigenvalue weighted by Gasteiger charge is 2.42. The molecule has 2 fully saturated rings. The third-order valence-corrected chi connectivity index (χ3v) is 6.68. The number of hydrazine groups is 1. The van der Waals surface area contributed by atoms with Gasteiger partial charge in [0.05, 0.1) is 4.90 Å². The summed E-state index contributed by atoms with van der Waals surface area (Å²) in [5.74, 6) is 2.21. The molecule has 0 aromatic heterocycles. The minimum Gasteiger partial charge on any atom is -0.312 e. The van der Waals surface area contributed by atoms with Crippen LogP contribution >= 0.6 is 0 Å². The molecule has 2 unspecified atom stereocenters. The molecule has 4 aliphatic rings. The maximum Gasteiger partial charge on any atom is 0.257 e. The van der Waals surface area contributed by atoms with Crippen LogP contribution in [0.1, 0.15) is 37.7 Å². The Morgan fingerprint density at radius 1 is 1.00 bits per heavy atom.